The lowest BCUT2D eigenvalue weighted by atomic mass is 10.1. The number of aromatic nitrogens is 2. The van der Waals surface area contributed by atoms with Crippen LogP contribution in [0, 0.1) is 0 Å². The number of amides is 1. The van der Waals surface area contributed by atoms with E-state index in [9.17, 15) is 4.79 Å². The summed E-state index contributed by atoms with van der Waals surface area (Å²) in [5.74, 6) is 1.42. The lowest BCUT2D eigenvalue weighted by Gasteiger charge is -2.23. The lowest BCUT2D eigenvalue weighted by molar-refractivity contribution is -0.123. The first kappa shape index (κ1) is 14.0. The van der Waals surface area contributed by atoms with Gasteiger partial charge < -0.3 is 16.0 Å². The lowest BCUT2D eigenvalue weighted by Crippen LogP contribution is -2.44. The molecule has 1 saturated heterocycles. The average molecular weight is 328 g/mol. The highest BCUT2D eigenvalue weighted by Gasteiger charge is 2.23. The van der Waals surface area contributed by atoms with Gasteiger partial charge in [-0.25, -0.2) is 9.97 Å². The van der Waals surface area contributed by atoms with E-state index in [0.717, 1.165) is 42.6 Å². The molecule has 0 aliphatic carbocycles. The van der Waals surface area contributed by atoms with E-state index in [1.807, 2.05) is 0 Å². The number of nitrogens with zero attached hydrogens (tertiary/aromatic N) is 2. The van der Waals surface area contributed by atoms with Gasteiger partial charge in [-0.15, -0.1) is 0 Å². The van der Waals surface area contributed by atoms with Crippen LogP contribution in [0.25, 0.3) is 0 Å². The predicted octanol–water partition coefficient (Wildman–Crippen LogP) is 1.75. The minimum Gasteiger partial charge on any atom is -0.369 e. The Kier molecular flexibility index (Phi) is 4.95. The van der Waals surface area contributed by atoms with Crippen molar-refractivity contribution in [2.24, 2.45) is 0 Å². The molecule has 1 aromatic rings. The van der Waals surface area contributed by atoms with Gasteiger partial charge in [0.1, 0.15) is 28.5 Å². The Morgan fingerprint density at radius 2 is 2.26 bits per heavy atom. The molecule has 104 valence electrons. The van der Waals surface area contributed by atoms with E-state index in [4.69, 9.17) is 0 Å². The van der Waals surface area contributed by atoms with Crippen LogP contribution in [0.2, 0.25) is 0 Å². The van der Waals surface area contributed by atoms with Gasteiger partial charge in [0.25, 0.3) is 0 Å². The van der Waals surface area contributed by atoms with E-state index >= 15 is 0 Å². The summed E-state index contributed by atoms with van der Waals surface area (Å²) in [5, 5.41) is 9.22. The van der Waals surface area contributed by atoms with Crippen molar-refractivity contribution in [1.29, 1.82) is 0 Å². The average Bonchev–Trinajstić information content (AvgIpc) is 2.42. The molecule has 0 saturated carbocycles. The summed E-state index contributed by atoms with van der Waals surface area (Å²) < 4.78 is 0.766. The standard InChI is InChI=1S/C12H18BrN5O/c1-2-5-14-10-9(13)11(17-7-16-10)18-8-4-3-6-15-12(8)19/h7-8H,2-6H2,1H3,(H,15,19)(H2,14,16,17,18). The highest BCUT2D eigenvalue weighted by atomic mass is 79.9. The molecular weight excluding hydrogens is 310 g/mol. The zero-order valence-electron chi connectivity index (χ0n) is 10.9. The van der Waals surface area contributed by atoms with Crippen LogP contribution in [-0.4, -0.2) is 35.0 Å². The fraction of sp³-hybridized carbons (Fsp3) is 0.583. The number of carbonyl (C=O) groups is 1. The Balaban J connectivity index is 2.09. The monoisotopic (exact) mass is 327 g/mol. The molecule has 2 rings (SSSR count). The van der Waals surface area contributed by atoms with E-state index in [1.54, 1.807) is 0 Å². The molecule has 2 heterocycles. The van der Waals surface area contributed by atoms with Gasteiger partial charge in [-0.3, -0.25) is 4.79 Å². The van der Waals surface area contributed by atoms with Crippen LogP contribution >= 0.6 is 15.9 Å². The first-order valence-electron chi connectivity index (χ1n) is 6.51. The van der Waals surface area contributed by atoms with Crippen molar-refractivity contribution in [2.75, 3.05) is 23.7 Å². The smallest absolute Gasteiger partial charge is 0.242 e. The number of hydrogen-bond acceptors (Lipinski definition) is 5. The number of hydrogen-bond donors (Lipinski definition) is 3. The predicted molar refractivity (Wildman–Crippen MR) is 78.2 cm³/mol. The van der Waals surface area contributed by atoms with E-state index in [-0.39, 0.29) is 11.9 Å². The number of rotatable bonds is 5. The molecule has 1 amide bonds. The Morgan fingerprint density at radius 3 is 3.00 bits per heavy atom. The molecule has 0 spiro atoms. The van der Waals surface area contributed by atoms with Crippen molar-refractivity contribution in [1.82, 2.24) is 15.3 Å². The molecule has 6 nitrogen and oxygen atoms in total. The van der Waals surface area contributed by atoms with Crippen LogP contribution in [0.15, 0.2) is 10.8 Å². The SMILES string of the molecule is CCCNc1ncnc(NC2CCCNC2=O)c1Br. The Morgan fingerprint density at radius 1 is 1.47 bits per heavy atom. The summed E-state index contributed by atoms with van der Waals surface area (Å²) in [6, 6.07) is -0.223. The van der Waals surface area contributed by atoms with Crippen molar-refractivity contribution in [3.63, 3.8) is 0 Å². The van der Waals surface area contributed by atoms with Crippen molar-refractivity contribution in [2.45, 2.75) is 32.2 Å². The maximum atomic E-state index is 11.7. The summed E-state index contributed by atoms with van der Waals surface area (Å²) in [6.45, 7) is 3.69. The third-order valence-electron chi connectivity index (χ3n) is 2.93. The van der Waals surface area contributed by atoms with Crippen LogP contribution in [0.1, 0.15) is 26.2 Å². The minimum absolute atomic E-state index is 0.0276. The fourth-order valence-corrected chi connectivity index (χ4v) is 2.37. The van der Waals surface area contributed by atoms with Gasteiger partial charge in [0.2, 0.25) is 5.91 Å². The second kappa shape index (κ2) is 6.70. The van der Waals surface area contributed by atoms with Gasteiger partial charge >= 0.3 is 0 Å². The van der Waals surface area contributed by atoms with E-state index < -0.39 is 0 Å². The number of piperidine rings is 1. The molecular formula is C12H18BrN5O. The zero-order chi connectivity index (χ0) is 13.7. The molecule has 1 unspecified atom stereocenters. The first-order chi connectivity index (χ1) is 9.22. The topological polar surface area (TPSA) is 78.9 Å². The summed E-state index contributed by atoms with van der Waals surface area (Å²) >= 11 is 3.48. The fourth-order valence-electron chi connectivity index (χ4n) is 1.91. The van der Waals surface area contributed by atoms with Crippen molar-refractivity contribution >= 4 is 33.5 Å². The number of nitrogens with one attached hydrogen (secondary N) is 3. The first-order valence-corrected chi connectivity index (χ1v) is 7.30. The summed E-state index contributed by atoms with van der Waals surface area (Å²) in [5.41, 5.74) is 0. The molecule has 0 bridgehead atoms. The van der Waals surface area contributed by atoms with Crippen molar-refractivity contribution < 1.29 is 4.79 Å². The molecule has 1 aliphatic rings. The molecule has 1 fully saturated rings. The van der Waals surface area contributed by atoms with E-state index in [1.165, 1.54) is 6.33 Å². The van der Waals surface area contributed by atoms with Gasteiger partial charge in [0, 0.05) is 13.1 Å². The third-order valence-corrected chi connectivity index (χ3v) is 3.68. The largest absolute Gasteiger partial charge is 0.369 e. The zero-order valence-corrected chi connectivity index (χ0v) is 12.5. The Hall–Kier alpha value is -1.37. The van der Waals surface area contributed by atoms with Gasteiger partial charge in [-0.1, -0.05) is 6.92 Å². The highest BCUT2D eigenvalue weighted by Crippen LogP contribution is 2.27. The molecule has 7 heteroatoms. The highest BCUT2D eigenvalue weighted by molar-refractivity contribution is 9.10. The number of carbonyl (C=O) groups excluding carboxylic acids is 1. The number of anilines is 2. The Labute approximate surface area is 120 Å². The summed E-state index contributed by atoms with van der Waals surface area (Å²) in [6.07, 6.45) is 4.31. The number of halogens is 1. The molecule has 1 aliphatic heterocycles. The Bertz CT molecular complexity index is 454. The van der Waals surface area contributed by atoms with Crippen molar-refractivity contribution in [3.05, 3.63) is 10.8 Å². The van der Waals surface area contributed by atoms with Crippen LogP contribution in [-0.2, 0) is 4.79 Å². The van der Waals surface area contributed by atoms with E-state index in [0.29, 0.717) is 5.82 Å². The van der Waals surface area contributed by atoms with E-state index in [2.05, 4.69) is 48.8 Å². The quantitative estimate of drug-likeness (QED) is 0.767. The summed E-state index contributed by atoms with van der Waals surface area (Å²) in [7, 11) is 0. The van der Waals surface area contributed by atoms with Crippen LogP contribution in [0.3, 0.4) is 0 Å². The molecule has 1 atom stereocenters. The van der Waals surface area contributed by atoms with Gasteiger partial charge in [-0.05, 0) is 35.2 Å². The van der Waals surface area contributed by atoms with Crippen LogP contribution in [0.4, 0.5) is 11.6 Å². The molecule has 0 aromatic carbocycles. The van der Waals surface area contributed by atoms with Gasteiger partial charge in [0.15, 0.2) is 0 Å². The van der Waals surface area contributed by atoms with Crippen molar-refractivity contribution in [3.8, 4) is 0 Å². The van der Waals surface area contributed by atoms with Gasteiger partial charge in [-0.2, -0.15) is 0 Å². The van der Waals surface area contributed by atoms with Crippen LogP contribution in [0.5, 0.6) is 0 Å². The third kappa shape index (κ3) is 3.56. The maximum Gasteiger partial charge on any atom is 0.242 e. The molecule has 3 N–H and O–H groups in total. The second-order valence-corrected chi connectivity index (χ2v) is 5.23. The molecule has 0 radical (unpaired) electrons. The minimum atomic E-state index is -0.223. The second-order valence-electron chi connectivity index (χ2n) is 4.44. The normalized spacial score (nSPS) is 18.8. The summed E-state index contributed by atoms with van der Waals surface area (Å²) in [4.78, 5) is 20.1. The maximum absolute atomic E-state index is 11.7. The van der Waals surface area contributed by atoms with Gasteiger partial charge in [0.05, 0.1) is 0 Å². The molecule has 1 aromatic heterocycles. The van der Waals surface area contributed by atoms with Crippen LogP contribution < -0.4 is 16.0 Å². The molecule has 19 heavy (non-hydrogen) atoms.